The molecule has 7 heteroatoms. The summed E-state index contributed by atoms with van der Waals surface area (Å²) in [6.45, 7) is 1.67. The summed E-state index contributed by atoms with van der Waals surface area (Å²) in [5.74, 6) is -1.20. The first-order valence-corrected chi connectivity index (χ1v) is 6.15. The van der Waals surface area contributed by atoms with E-state index in [1.807, 2.05) is 0 Å². The molecule has 0 saturated heterocycles. The number of benzene rings is 1. The van der Waals surface area contributed by atoms with Crippen LogP contribution in [0.4, 0.5) is 11.5 Å². The van der Waals surface area contributed by atoms with E-state index in [9.17, 15) is 20.0 Å². The van der Waals surface area contributed by atoms with Crippen molar-refractivity contribution in [3.8, 4) is 0 Å². The van der Waals surface area contributed by atoms with Crippen LogP contribution in [0.5, 0.6) is 0 Å². The van der Waals surface area contributed by atoms with Crippen molar-refractivity contribution in [3.63, 3.8) is 0 Å². The minimum absolute atomic E-state index is 0.0590. The number of carboxylic acids is 1. The van der Waals surface area contributed by atoms with Gasteiger partial charge in [-0.15, -0.1) is 0 Å². The molecular formula is C14H13N3O4. The summed E-state index contributed by atoms with van der Waals surface area (Å²) >= 11 is 0. The average Bonchev–Trinajstić information content (AvgIpc) is 2.45. The molecule has 1 heterocycles. The van der Waals surface area contributed by atoms with Gasteiger partial charge >= 0.3 is 11.7 Å². The highest BCUT2D eigenvalue weighted by molar-refractivity contribution is 5.80. The number of nitro groups is 1. The fourth-order valence-electron chi connectivity index (χ4n) is 1.87. The van der Waals surface area contributed by atoms with Crippen LogP contribution in [0, 0.1) is 17.0 Å². The molecule has 1 atom stereocenters. The Hall–Kier alpha value is -2.96. The van der Waals surface area contributed by atoms with Gasteiger partial charge in [0.05, 0.1) is 4.92 Å². The van der Waals surface area contributed by atoms with Crippen LogP contribution in [0.2, 0.25) is 0 Å². The molecule has 0 aliphatic heterocycles. The Labute approximate surface area is 120 Å². The predicted molar refractivity (Wildman–Crippen MR) is 76.1 cm³/mol. The number of aliphatic carboxylic acids is 1. The second kappa shape index (κ2) is 6.00. The van der Waals surface area contributed by atoms with Gasteiger partial charge in [-0.05, 0) is 18.6 Å². The lowest BCUT2D eigenvalue weighted by molar-refractivity contribution is -0.384. The first kappa shape index (κ1) is 14.4. The third-order valence-corrected chi connectivity index (χ3v) is 2.87. The van der Waals surface area contributed by atoms with Crippen LogP contribution in [-0.2, 0) is 4.79 Å². The first-order valence-electron chi connectivity index (χ1n) is 6.15. The molecule has 0 amide bonds. The molecule has 2 aromatic rings. The molecule has 1 aromatic carbocycles. The molecule has 0 fully saturated rings. The van der Waals surface area contributed by atoms with Gasteiger partial charge in [0.2, 0.25) is 5.82 Å². The van der Waals surface area contributed by atoms with E-state index in [4.69, 9.17) is 0 Å². The minimum atomic E-state index is -1.14. The fourth-order valence-corrected chi connectivity index (χ4v) is 1.87. The van der Waals surface area contributed by atoms with Crippen molar-refractivity contribution in [3.05, 3.63) is 63.8 Å². The maximum atomic E-state index is 11.4. The summed E-state index contributed by atoms with van der Waals surface area (Å²) in [6, 6.07) is 10.1. The normalized spacial score (nSPS) is 11.7. The molecule has 2 N–H and O–H groups in total. The Bertz CT molecular complexity index is 673. The van der Waals surface area contributed by atoms with E-state index in [0.29, 0.717) is 11.3 Å². The number of pyridine rings is 1. The predicted octanol–water partition coefficient (Wildman–Crippen LogP) is 2.54. The molecule has 0 radical (unpaired) electrons. The largest absolute Gasteiger partial charge is 0.479 e. The fraction of sp³-hybridized carbons (Fsp3) is 0.143. The van der Waals surface area contributed by atoms with Gasteiger partial charge in [-0.25, -0.2) is 9.78 Å². The van der Waals surface area contributed by atoms with Gasteiger partial charge in [0.1, 0.15) is 0 Å². The Balaban J connectivity index is 2.40. The van der Waals surface area contributed by atoms with Crippen LogP contribution >= 0.6 is 0 Å². The highest BCUT2D eigenvalue weighted by Gasteiger charge is 2.24. The summed E-state index contributed by atoms with van der Waals surface area (Å²) in [5, 5.41) is 23.0. The molecule has 108 valence electrons. The Morgan fingerprint density at radius 3 is 2.52 bits per heavy atom. The number of hydrogen-bond donors (Lipinski definition) is 2. The van der Waals surface area contributed by atoms with E-state index in [1.54, 1.807) is 37.3 Å². The maximum Gasteiger partial charge on any atom is 0.330 e. The Kier molecular flexibility index (Phi) is 4.13. The number of nitrogens with one attached hydrogen (secondary N) is 1. The molecule has 1 aromatic heterocycles. The van der Waals surface area contributed by atoms with Crippen molar-refractivity contribution >= 4 is 17.5 Å². The second-order valence-corrected chi connectivity index (χ2v) is 4.40. The van der Waals surface area contributed by atoms with Crippen molar-refractivity contribution in [1.29, 1.82) is 0 Å². The molecule has 2 rings (SSSR count). The zero-order valence-corrected chi connectivity index (χ0v) is 11.2. The van der Waals surface area contributed by atoms with Crippen molar-refractivity contribution in [2.24, 2.45) is 0 Å². The monoisotopic (exact) mass is 287 g/mol. The van der Waals surface area contributed by atoms with Crippen molar-refractivity contribution in [2.75, 3.05) is 5.32 Å². The smallest absolute Gasteiger partial charge is 0.330 e. The van der Waals surface area contributed by atoms with E-state index < -0.39 is 16.9 Å². The quantitative estimate of drug-likeness (QED) is 0.646. The first-order chi connectivity index (χ1) is 9.99. The summed E-state index contributed by atoms with van der Waals surface area (Å²) in [7, 11) is 0. The van der Waals surface area contributed by atoms with Crippen LogP contribution < -0.4 is 5.32 Å². The van der Waals surface area contributed by atoms with Gasteiger partial charge in [-0.2, -0.15) is 0 Å². The number of carbonyl (C=O) groups is 1. The lowest BCUT2D eigenvalue weighted by Gasteiger charge is -2.15. The SMILES string of the molecule is Cc1ccc([N+](=O)[O-])c(NC(C(=O)O)c2ccccc2)n1. The number of hydrogen-bond acceptors (Lipinski definition) is 5. The highest BCUT2D eigenvalue weighted by atomic mass is 16.6. The van der Waals surface area contributed by atoms with E-state index in [2.05, 4.69) is 10.3 Å². The summed E-state index contributed by atoms with van der Waals surface area (Å²) in [6.07, 6.45) is 0. The number of aromatic nitrogens is 1. The minimum Gasteiger partial charge on any atom is -0.479 e. The highest BCUT2D eigenvalue weighted by Crippen LogP contribution is 2.26. The third kappa shape index (κ3) is 3.33. The standard InChI is InChI=1S/C14H13N3O4/c1-9-7-8-11(17(20)21)13(15-9)16-12(14(18)19)10-5-3-2-4-6-10/h2-8,12H,1H3,(H,15,16)(H,18,19). The molecule has 7 nitrogen and oxygen atoms in total. The average molecular weight is 287 g/mol. The molecule has 0 spiro atoms. The summed E-state index contributed by atoms with van der Waals surface area (Å²) in [5.41, 5.74) is 0.783. The van der Waals surface area contributed by atoms with Crippen molar-refractivity contribution in [2.45, 2.75) is 13.0 Å². The molecule has 0 aliphatic rings. The molecule has 21 heavy (non-hydrogen) atoms. The van der Waals surface area contributed by atoms with Gasteiger partial charge in [-0.3, -0.25) is 10.1 Å². The molecule has 0 bridgehead atoms. The van der Waals surface area contributed by atoms with Crippen molar-refractivity contribution in [1.82, 2.24) is 4.98 Å². The van der Waals surface area contributed by atoms with Gasteiger partial charge in [-0.1, -0.05) is 30.3 Å². The lowest BCUT2D eigenvalue weighted by Crippen LogP contribution is -2.21. The van der Waals surface area contributed by atoms with Crippen LogP contribution in [0.15, 0.2) is 42.5 Å². The Morgan fingerprint density at radius 1 is 1.29 bits per heavy atom. The van der Waals surface area contributed by atoms with E-state index >= 15 is 0 Å². The topological polar surface area (TPSA) is 105 Å². The lowest BCUT2D eigenvalue weighted by atomic mass is 10.1. The zero-order chi connectivity index (χ0) is 15.4. The molecule has 1 unspecified atom stereocenters. The van der Waals surface area contributed by atoms with Gasteiger partial charge in [0, 0.05) is 11.8 Å². The van der Waals surface area contributed by atoms with Gasteiger partial charge in [0.25, 0.3) is 0 Å². The van der Waals surface area contributed by atoms with Crippen LogP contribution in [-0.4, -0.2) is 21.0 Å². The number of anilines is 1. The molecular weight excluding hydrogens is 274 g/mol. The van der Waals surface area contributed by atoms with Crippen LogP contribution in [0.3, 0.4) is 0 Å². The van der Waals surface area contributed by atoms with E-state index in [-0.39, 0.29) is 11.5 Å². The van der Waals surface area contributed by atoms with E-state index in [1.165, 1.54) is 12.1 Å². The maximum absolute atomic E-state index is 11.4. The number of aryl methyl sites for hydroxylation is 1. The zero-order valence-electron chi connectivity index (χ0n) is 11.2. The Morgan fingerprint density at radius 2 is 1.95 bits per heavy atom. The summed E-state index contributed by atoms with van der Waals surface area (Å²) in [4.78, 5) is 25.8. The number of nitrogens with zero attached hydrogens (tertiary/aromatic N) is 2. The van der Waals surface area contributed by atoms with Crippen LogP contribution in [0.25, 0.3) is 0 Å². The van der Waals surface area contributed by atoms with Crippen LogP contribution in [0.1, 0.15) is 17.3 Å². The summed E-state index contributed by atoms with van der Waals surface area (Å²) < 4.78 is 0. The second-order valence-electron chi connectivity index (χ2n) is 4.40. The van der Waals surface area contributed by atoms with Gasteiger partial charge < -0.3 is 10.4 Å². The van der Waals surface area contributed by atoms with Crippen molar-refractivity contribution < 1.29 is 14.8 Å². The van der Waals surface area contributed by atoms with Gasteiger partial charge in [0.15, 0.2) is 6.04 Å². The third-order valence-electron chi connectivity index (χ3n) is 2.87. The molecule has 0 saturated carbocycles. The number of carboxylic acid groups (broad SMARTS) is 1. The molecule has 0 aliphatic carbocycles. The number of rotatable bonds is 5. The van der Waals surface area contributed by atoms with E-state index in [0.717, 1.165) is 0 Å².